The van der Waals surface area contributed by atoms with E-state index >= 15 is 0 Å². The van der Waals surface area contributed by atoms with Crippen molar-refractivity contribution < 1.29 is 22.8 Å². The molecule has 0 heterocycles. The number of benzene rings is 2. The number of hydrogen-bond acceptors (Lipinski definition) is 3. The minimum absolute atomic E-state index is 0.0816. The molecule has 0 saturated carbocycles. The van der Waals surface area contributed by atoms with Gasteiger partial charge < -0.3 is 9.42 Å². The van der Waals surface area contributed by atoms with Gasteiger partial charge in [0.25, 0.3) is 0 Å². The molecule has 0 bridgehead atoms. The van der Waals surface area contributed by atoms with Crippen molar-refractivity contribution in [3.05, 3.63) is 62.5 Å². The fourth-order valence-corrected chi connectivity index (χ4v) is 4.33. The quantitative estimate of drug-likeness (QED) is 0.444. The summed E-state index contributed by atoms with van der Waals surface area (Å²) in [7, 11) is -4.97. The summed E-state index contributed by atoms with van der Waals surface area (Å²) in [5.41, 5.74) is 2.13. The van der Waals surface area contributed by atoms with E-state index in [-0.39, 0.29) is 5.75 Å². The fraction of sp³-hybridized carbons (Fsp3) is 0.200. The first kappa shape index (κ1) is 19.9. The van der Waals surface area contributed by atoms with Crippen molar-refractivity contribution in [1.82, 2.24) is 0 Å². The van der Waals surface area contributed by atoms with E-state index in [1.165, 1.54) is 11.6 Å². The highest BCUT2D eigenvalue weighted by Crippen LogP contribution is 2.50. The maximum atomic E-state index is 12.4. The van der Waals surface area contributed by atoms with Crippen LogP contribution in [0.25, 0.3) is 0 Å². The molecule has 130 valence electrons. The summed E-state index contributed by atoms with van der Waals surface area (Å²) in [5, 5.41) is 0. The molecule has 1 unspecified atom stereocenters. The van der Waals surface area contributed by atoms with Crippen LogP contribution in [-0.4, -0.2) is 11.1 Å². The van der Waals surface area contributed by atoms with Gasteiger partial charge in [0.1, 0.15) is 5.75 Å². The molecular weight excluding hydrogens is 489 g/mol. The van der Waals surface area contributed by atoms with Crippen LogP contribution in [0.15, 0.2) is 51.4 Å². The minimum atomic E-state index is -4.97. The summed E-state index contributed by atoms with van der Waals surface area (Å²) in [4.78, 5) is 9.08. The molecular formula is C15H13Br2F2O3PS. The Morgan fingerprint density at radius 2 is 1.79 bits per heavy atom. The van der Waals surface area contributed by atoms with Gasteiger partial charge in [-0.05, 0) is 51.3 Å². The zero-order chi connectivity index (χ0) is 17.7. The highest BCUT2D eigenvalue weighted by atomic mass is 79.9. The molecule has 2 aromatic rings. The predicted molar refractivity (Wildman–Crippen MR) is 99.7 cm³/mol. The Hall–Kier alpha value is -0.400. The molecule has 1 atom stereocenters. The van der Waals surface area contributed by atoms with Crippen LogP contribution < -0.4 is 4.52 Å². The minimum Gasteiger partial charge on any atom is -0.420 e. The Labute approximate surface area is 159 Å². The van der Waals surface area contributed by atoms with Gasteiger partial charge in [-0.3, -0.25) is 0 Å². The van der Waals surface area contributed by atoms with Crippen LogP contribution in [0.2, 0.25) is 0 Å². The smallest absolute Gasteiger partial charge is 0.420 e. The summed E-state index contributed by atoms with van der Waals surface area (Å²) in [5.74, 6) is 1.45. The lowest BCUT2D eigenvalue weighted by Gasteiger charge is -2.14. The molecule has 2 aromatic carbocycles. The monoisotopic (exact) mass is 500 g/mol. The molecule has 0 spiro atoms. The number of hydrogen-bond donors (Lipinski definition) is 1. The van der Waals surface area contributed by atoms with E-state index < -0.39 is 13.8 Å². The lowest BCUT2D eigenvalue weighted by atomic mass is 10.2. The van der Waals surface area contributed by atoms with Crippen molar-refractivity contribution >= 4 is 51.2 Å². The third kappa shape index (κ3) is 5.85. The third-order valence-electron chi connectivity index (χ3n) is 2.90. The average Bonchev–Trinajstić information content (AvgIpc) is 2.50. The summed E-state index contributed by atoms with van der Waals surface area (Å²) < 4.78 is 42.0. The van der Waals surface area contributed by atoms with E-state index in [4.69, 9.17) is 4.89 Å². The van der Waals surface area contributed by atoms with Crippen LogP contribution in [0, 0.1) is 0 Å². The number of rotatable bonds is 7. The molecule has 0 aliphatic heterocycles. The molecule has 0 radical (unpaired) electrons. The molecule has 9 heteroatoms. The highest BCUT2D eigenvalue weighted by molar-refractivity contribution is 9.10. The molecule has 1 N–H and O–H groups in total. The molecule has 0 amide bonds. The van der Waals surface area contributed by atoms with Crippen LogP contribution in [0.1, 0.15) is 11.1 Å². The van der Waals surface area contributed by atoms with Crippen molar-refractivity contribution in [2.45, 2.75) is 17.7 Å². The van der Waals surface area contributed by atoms with Gasteiger partial charge in [0.05, 0.1) is 4.47 Å². The van der Waals surface area contributed by atoms with Crippen molar-refractivity contribution in [3.8, 4) is 5.75 Å². The van der Waals surface area contributed by atoms with Crippen molar-refractivity contribution in [2.24, 2.45) is 0 Å². The third-order valence-corrected chi connectivity index (χ3v) is 6.04. The average molecular weight is 502 g/mol. The maximum absolute atomic E-state index is 12.4. The van der Waals surface area contributed by atoms with Crippen LogP contribution in [-0.2, 0) is 16.1 Å². The van der Waals surface area contributed by atoms with E-state index in [2.05, 4.69) is 36.4 Å². The Kier molecular flexibility index (Phi) is 7.31. The first-order chi connectivity index (χ1) is 11.3. The highest BCUT2D eigenvalue weighted by Gasteiger charge is 2.34. The first-order valence-corrected chi connectivity index (χ1v) is 11.1. The SMILES string of the molecule is O=P(O)(Oc1ccc(CSCc2cccc(Br)c2)cc1Br)C(F)F. The second-order valence-electron chi connectivity index (χ2n) is 4.82. The van der Waals surface area contributed by atoms with Gasteiger partial charge in [0, 0.05) is 16.0 Å². The zero-order valence-electron chi connectivity index (χ0n) is 12.2. The van der Waals surface area contributed by atoms with Crippen molar-refractivity contribution in [1.29, 1.82) is 0 Å². The summed E-state index contributed by atoms with van der Waals surface area (Å²) in [6, 6.07) is 12.8. The van der Waals surface area contributed by atoms with Crippen LogP contribution in [0.5, 0.6) is 5.75 Å². The zero-order valence-corrected chi connectivity index (χ0v) is 17.0. The van der Waals surface area contributed by atoms with Crippen molar-refractivity contribution in [3.63, 3.8) is 0 Å². The van der Waals surface area contributed by atoms with Gasteiger partial charge in [-0.25, -0.2) is 4.57 Å². The Morgan fingerprint density at radius 3 is 2.38 bits per heavy atom. The van der Waals surface area contributed by atoms with E-state index in [0.29, 0.717) is 10.2 Å². The predicted octanol–water partition coefficient (Wildman–Crippen LogP) is 6.43. The van der Waals surface area contributed by atoms with Crippen LogP contribution in [0.3, 0.4) is 0 Å². The topological polar surface area (TPSA) is 46.5 Å². The lowest BCUT2D eigenvalue weighted by molar-refractivity contribution is 0.188. The van der Waals surface area contributed by atoms with E-state index in [9.17, 15) is 13.3 Å². The Balaban J connectivity index is 1.96. The molecule has 0 fully saturated rings. The summed E-state index contributed by atoms with van der Waals surface area (Å²) in [6.45, 7) is 0. The van der Waals surface area contributed by atoms with E-state index in [1.54, 1.807) is 23.9 Å². The van der Waals surface area contributed by atoms with Crippen LogP contribution in [0.4, 0.5) is 8.78 Å². The molecule has 0 aromatic heterocycles. The summed E-state index contributed by atoms with van der Waals surface area (Å²) in [6.07, 6.45) is -3.44. The second kappa shape index (κ2) is 8.81. The molecule has 0 saturated heterocycles. The lowest BCUT2D eigenvalue weighted by Crippen LogP contribution is -2.01. The van der Waals surface area contributed by atoms with Gasteiger partial charge in [-0.15, -0.1) is 0 Å². The fourth-order valence-electron chi connectivity index (χ4n) is 1.80. The Bertz CT molecular complexity index is 761. The number of alkyl halides is 2. The number of thioether (sulfide) groups is 1. The maximum Gasteiger partial charge on any atom is 0.442 e. The largest absolute Gasteiger partial charge is 0.442 e. The summed E-state index contributed by atoms with van der Waals surface area (Å²) >= 11 is 8.30. The first-order valence-electron chi connectivity index (χ1n) is 6.69. The molecule has 0 aliphatic carbocycles. The molecule has 2 rings (SSSR count). The second-order valence-corrected chi connectivity index (χ2v) is 9.28. The van der Waals surface area contributed by atoms with Gasteiger partial charge in [0.15, 0.2) is 0 Å². The standard InChI is InChI=1S/C15H13Br2F2O3PS/c16-12-3-1-2-10(6-12)8-24-9-11-4-5-14(13(17)7-11)22-23(20,21)15(18)19/h1-7,15H,8-9H2,(H,20,21). The van der Waals surface area contributed by atoms with Crippen LogP contribution >= 0.6 is 51.2 Å². The van der Waals surface area contributed by atoms with Gasteiger partial charge in [-0.2, -0.15) is 20.5 Å². The molecule has 0 aliphatic rings. The molecule has 3 nitrogen and oxygen atoms in total. The normalized spacial score (nSPS) is 13.8. The molecule has 24 heavy (non-hydrogen) atoms. The van der Waals surface area contributed by atoms with E-state index in [0.717, 1.165) is 15.8 Å². The van der Waals surface area contributed by atoms with Gasteiger partial charge in [-0.1, -0.05) is 34.1 Å². The van der Waals surface area contributed by atoms with Gasteiger partial charge >= 0.3 is 13.8 Å². The number of halogens is 4. The van der Waals surface area contributed by atoms with Gasteiger partial charge in [0.2, 0.25) is 0 Å². The Morgan fingerprint density at radius 1 is 1.12 bits per heavy atom. The van der Waals surface area contributed by atoms with E-state index in [1.807, 2.05) is 24.3 Å². The van der Waals surface area contributed by atoms with Crippen molar-refractivity contribution in [2.75, 3.05) is 0 Å².